The predicted octanol–water partition coefficient (Wildman–Crippen LogP) is 1.21. The quantitative estimate of drug-likeness (QED) is 0.706. The summed E-state index contributed by atoms with van der Waals surface area (Å²) in [4.78, 5) is 21.9. The maximum absolute atomic E-state index is 11.4. The van der Waals surface area contributed by atoms with Gasteiger partial charge in [0.25, 0.3) is 0 Å². The summed E-state index contributed by atoms with van der Waals surface area (Å²) in [6, 6.07) is 7.00. The number of nitrogens with two attached hydrogens (primary N) is 1. The van der Waals surface area contributed by atoms with E-state index in [2.05, 4.69) is 5.32 Å². The molecule has 1 aromatic carbocycles. The number of aliphatic carboxylic acids is 1. The Bertz CT molecular complexity index is 420. The van der Waals surface area contributed by atoms with Crippen molar-refractivity contribution in [3.63, 3.8) is 0 Å². The zero-order chi connectivity index (χ0) is 13.4. The molecule has 0 spiro atoms. The second kappa shape index (κ2) is 7.29. The summed E-state index contributed by atoms with van der Waals surface area (Å²) in [6.45, 7) is 0.400. The third kappa shape index (κ3) is 4.84. The molecule has 0 unspecified atom stereocenters. The minimum absolute atomic E-state index is 0.0105. The average Bonchev–Trinajstić information content (AvgIpc) is 2.35. The second-order valence-corrected chi connectivity index (χ2v) is 3.60. The van der Waals surface area contributed by atoms with Crippen molar-refractivity contribution < 1.29 is 19.4 Å². The minimum Gasteiger partial charge on any atom is -0.481 e. The van der Waals surface area contributed by atoms with Gasteiger partial charge < -0.3 is 15.6 Å². The van der Waals surface area contributed by atoms with Gasteiger partial charge in [-0.2, -0.15) is 0 Å². The van der Waals surface area contributed by atoms with Gasteiger partial charge >= 0.3 is 12.1 Å². The highest BCUT2D eigenvalue weighted by Gasteiger charge is 2.08. The third-order valence-electron chi connectivity index (χ3n) is 2.21. The molecule has 0 bridgehead atoms. The fourth-order valence-electron chi connectivity index (χ4n) is 1.40. The van der Waals surface area contributed by atoms with Crippen molar-refractivity contribution in [2.45, 2.75) is 12.8 Å². The fraction of sp³-hybridized carbons (Fsp3) is 0.333. The predicted molar refractivity (Wildman–Crippen MR) is 66.4 cm³/mol. The van der Waals surface area contributed by atoms with Crippen LogP contribution in [-0.2, 0) is 16.0 Å². The molecule has 98 valence electrons. The van der Waals surface area contributed by atoms with Crippen LogP contribution in [0.4, 0.5) is 10.5 Å². The van der Waals surface area contributed by atoms with Gasteiger partial charge in [-0.05, 0) is 18.1 Å². The first-order valence-corrected chi connectivity index (χ1v) is 5.57. The molecule has 0 aliphatic heterocycles. The third-order valence-corrected chi connectivity index (χ3v) is 2.21. The number of rotatable bonds is 6. The number of hydrogen-bond acceptors (Lipinski definition) is 4. The van der Waals surface area contributed by atoms with E-state index < -0.39 is 12.1 Å². The number of ether oxygens (including phenoxy) is 1. The highest BCUT2D eigenvalue weighted by atomic mass is 16.5. The minimum atomic E-state index is -0.879. The molecule has 0 heterocycles. The molecule has 0 saturated heterocycles. The monoisotopic (exact) mass is 252 g/mol. The Balaban J connectivity index is 2.63. The molecule has 0 fully saturated rings. The molecule has 0 saturated carbocycles. The largest absolute Gasteiger partial charge is 0.481 e. The van der Waals surface area contributed by atoms with Gasteiger partial charge in [-0.3, -0.25) is 10.1 Å². The summed E-state index contributed by atoms with van der Waals surface area (Å²) < 4.78 is 4.78. The van der Waals surface area contributed by atoms with E-state index in [-0.39, 0.29) is 19.6 Å². The first kappa shape index (κ1) is 14.0. The SMILES string of the molecule is NCCOC(=O)Nc1ccccc1CCC(=O)O. The van der Waals surface area contributed by atoms with Gasteiger partial charge in [-0.25, -0.2) is 4.79 Å². The van der Waals surface area contributed by atoms with Crippen LogP contribution in [-0.4, -0.2) is 30.3 Å². The molecule has 6 heteroatoms. The van der Waals surface area contributed by atoms with Crippen molar-refractivity contribution >= 4 is 17.7 Å². The van der Waals surface area contributed by atoms with Crippen LogP contribution in [0.5, 0.6) is 0 Å². The number of aryl methyl sites for hydroxylation is 1. The molecule has 4 N–H and O–H groups in total. The van der Waals surface area contributed by atoms with Crippen LogP contribution >= 0.6 is 0 Å². The Kier molecular flexibility index (Phi) is 5.66. The van der Waals surface area contributed by atoms with Crippen LogP contribution < -0.4 is 11.1 Å². The van der Waals surface area contributed by atoms with Crippen LogP contribution in [0.25, 0.3) is 0 Å². The number of nitrogens with one attached hydrogen (secondary N) is 1. The van der Waals surface area contributed by atoms with Crippen LogP contribution in [0, 0.1) is 0 Å². The molecule has 0 aliphatic carbocycles. The molecule has 0 aromatic heterocycles. The van der Waals surface area contributed by atoms with Crippen molar-refractivity contribution in [2.24, 2.45) is 5.73 Å². The lowest BCUT2D eigenvalue weighted by molar-refractivity contribution is -0.136. The molecule has 0 aliphatic rings. The Morgan fingerprint density at radius 1 is 1.33 bits per heavy atom. The zero-order valence-electron chi connectivity index (χ0n) is 9.89. The summed E-state index contributed by atoms with van der Waals surface area (Å²) in [6.07, 6.45) is -0.234. The van der Waals surface area contributed by atoms with Gasteiger partial charge in [0.05, 0.1) is 0 Å². The van der Waals surface area contributed by atoms with Crippen LogP contribution in [0.2, 0.25) is 0 Å². The molecule has 0 atom stereocenters. The normalized spacial score (nSPS) is 9.83. The number of anilines is 1. The lowest BCUT2D eigenvalue weighted by Gasteiger charge is -2.10. The summed E-state index contributed by atoms with van der Waals surface area (Å²) in [7, 11) is 0. The van der Waals surface area contributed by atoms with E-state index in [1.165, 1.54) is 0 Å². The van der Waals surface area contributed by atoms with Crippen molar-refractivity contribution in [3.05, 3.63) is 29.8 Å². The number of amides is 1. The lowest BCUT2D eigenvalue weighted by atomic mass is 10.1. The lowest BCUT2D eigenvalue weighted by Crippen LogP contribution is -2.19. The summed E-state index contributed by atoms with van der Waals surface area (Å²) in [5.74, 6) is -0.879. The van der Waals surface area contributed by atoms with Gasteiger partial charge in [0.1, 0.15) is 6.61 Å². The summed E-state index contributed by atoms with van der Waals surface area (Å²) >= 11 is 0. The van der Waals surface area contributed by atoms with Crippen molar-refractivity contribution in [1.29, 1.82) is 0 Å². The Labute approximate surface area is 105 Å². The maximum Gasteiger partial charge on any atom is 0.411 e. The van der Waals surface area contributed by atoms with E-state index in [1.54, 1.807) is 24.3 Å². The van der Waals surface area contributed by atoms with E-state index in [1.807, 2.05) is 0 Å². The Morgan fingerprint density at radius 3 is 2.72 bits per heavy atom. The van der Waals surface area contributed by atoms with Gasteiger partial charge in [0.2, 0.25) is 0 Å². The molecule has 18 heavy (non-hydrogen) atoms. The van der Waals surface area contributed by atoms with Crippen molar-refractivity contribution in [1.82, 2.24) is 0 Å². The Hall–Kier alpha value is -2.08. The van der Waals surface area contributed by atoms with Crippen LogP contribution in [0.3, 0.4) is 0 Å². The summed E-state index contributed by atoms with van der Waals surface area (Å²) in [5, 5.41) is 11.2. The number of carbonyl (C=O) groups is 2. The van der Waals surface area contributed by atoms with E-state index >= 15 is 0 Å². The van der Waals surface area contributed by atoms with Crippen molar-refractivity contribution in [2.75, 3.05) is 18.5 Å². The van der Waals surface area contributed by atoms with E-state index in [0.717, 1.165) is 5.56 Å². The summed E-state index contributed by atoms with van der Waals surface area (Å²) in [5.41, 5.74) is 6.52. The number of benzene rings is 1. The number of carbonyl (C=O) groups excluding carboxylic acids is 1. The van der Waals surface area contributed by atoms with E-state index in [4.69, 9.17) is 15.6 Å². The van der Waals surface area contributed by atoms with Crippen LogP contribution in [0.15, 0.2) is 24.3 Å². The zero-order valence-corrected chi connectivity index (χ0v) is 9.89. The molecule has 1 aromatic rings. The van der Waals surface area contributed by atoms with Gasteiger partial charge in [0.15, 0.2) is 0 Å². The molecular formula is C12H16N2O4. The van der Waals surface area contributed by atoms with Crippen molar-refractivity contribution in [3.8, 4) is 0 Å². The molecule has 1 amide bonds. The van der Waals surface area contributed by atoms with Crippen LogP contribution in [0.1, 0.15) is 12.0 Å². The van der Waals surface area contributed by atoms with Gasteiger partial charge in [-0.15, -0.1) is 0 Å². The highest BCUT2D eigenvalue weighted by Crippen LogP contribution is 2.17. The molecule has 6 nitrogen and oxygen atoms in total. The number of para-hydroxylation sites is 1. The first-order valence-electron chi connectivity index (χ1n) is 5.57. The molecule has 0 radical (unpaired) electrons. The van der Waals surface area contributed by atoms with Gasteiger partial charge in [-0.1, -0.05) is 18.2 Å². The van der Waals surface area contributed by atoms with Gasteiger partial charge in [0, 0.05) is 18.7 Å². The highest BCUT2D eigenvalue weighted by molar-refractivity contribution is 5.85. The standard InChI is InChI=1S/C12H16N2O4/c13-7-8-18-12(17)14-10-4-2-1-3-9(10)5-6-11(15)16/h1-4H,5-8,13H2,(H,14,17)(H,15,16). The topological polar surface area (TPSA) is 102 Å². The van der Waals surface area contributed by atoms with E-state index in [0.29, 0.717) is 12.1 Å². The number of carboxylic acids is 1. The number of carboxylic acid groups (broad SMARTS) is 1. The molecular weight excluding hydrogens is 236 g/mol. The average molecular weight is 252 g/mol. The smallest absolute Gasteiger partial charge is 0.411 e. The second-order valence-electron chi connectivity index (χ2n) is 3.60. The van der Waals surface area contributed by atoms with E-state index in [9.17, 15) is 9.59 Å². The maximum atomic E-state index is 11.4. The Morgan fingerprint density at radius 2 is 2.06 bits per heavy atom. The number of hydrogen-bond donors (Lipinski definition) is 3. The molecule has 1 rings (SSSR count). The first-order chi connectivity index (χ1) is 8.63. The fourth-order valence-corrected chi connectivity index (χ4v) is 1.40.